The number of aliphatic hydroxyl groups excluding tert-OH is 1. The molecule has 0 saturated heterocycles. The first-order valence-electron chi connectivity index (χ1n) is 10.1. The van der Waals surface area contributed by atoms with Gasteiger partial charge in [0.05, 0.1) is 29.1 Å². The molecule has 2 aromatic heterocycles. The fraction of sp³-hybridized carbons (Fsp3) is 0.391. The number of aromatic hydroxyl groups is 1. The zero-order valence-electron chi connectivity index (χ0n) is 17.0. The molecule has 1 aliphatic heterocycles. The minimum absolute atomic E-state index is 0.144. The Labute approximate surface area is 169 Å². The smallest absolute Gasteiger partial charge is 0.254 e. The summed E-state index contributed by atoms with van der Waals surface area (Å²) in [4.78, 5) is 18.0. The van der Waals surface area contributed by atoms with Crippen LogP contribution in [0, 0.1) is 6.92 Å². The summed E-state index contributed by atoms with van der Waals surface area (Å²) in [5.41, 5.74) is 3.93. The molecular weight excluding hydrogens is 368 g/mol. The standard InChI is InChI=1S/C23H26N2O4/c1-4-15-16-10-14(27)6-7-19(16)24-21-17(15)12-25-20(21)11-18(13(3)22(25)28)23(29,5-2)8-9-26/h6-7,10-11,26-27,29H,4-5,8-9,12H2,1-3H3. The molecule has 0 aliphatic carbocycles. The van der Waals surface area contributed by atoms with E-state index in [-0.39, 0.29) is 24.3 Å². The van der Waals surface area contributed by atoms with Crippen molar-refractivity contribution in [2.45, 2.75) is 52.2 Å². The predicted molar refractivity (Wildman–Crippen MR) is 112 cm³/mol. The van der Waals surface area contributed by atoms with E-state index < -0.39 is 5.60 Å². The van der Waals surface area contributed by atoms with E-state index in [4.69, 9.17) is 4.98 Å². The lowest BCUT2D eigenvalue weighted by molar-refractivity contribution is 0.00705. The highest BCUT2D eigenvalue weighted by Crippen LogP contribution is 2.39. The van der Waals surface area contributed by atoms with Crippen molar-refractivity contribution >= 4 is 10.9 Å². The van der Waals surface area contributed by atoms with Crippen LogP contribution in [-0.4, -0.2) is 31.5 Å². The van der Waals surface area contributed by atoms with Crippen LogP contribution in [0.2, 0.25) is 0 Å². The Kier molecular flexibility index (Phi) is 4.71. The fourth-order valence-electron chi connectivity index (χ4n) is 4.57. The van der Waals surface area contributed by atoms with Gasteiger partial charge in [0.2, 0.25) is 0 Å². The molecule has 152 valence electrons. The van der Waals surface area contributed by atoms with Crippen LogP contribution in [0.5, 0.6) is 5.75 Å². The summed E-state index contributed by atoms with van der Waals surface area (Å²) in [6.07, 6.45) is 1.32. The van der Waals surface area contributed by atoms with Crippen molar-refractivity contribution in [1.29, 1.82) is 0 Å². The first-order valence-corrected chi connectivity index (χ1v) is 10.1. The zero-order valence-corrected chi connectivity index (χ0v) is 17.0. The summed E-state index contributed by atoms with van der Waals surface area (Å²) in [5, 5.41) is 31.4. The third-order valence-electron chi connectivity index (χ3n) is 6.25. The van der Waals surface area contributed by atoms with Gasteiger partial charge >= 0.3 is 0 Å². The molecule has 0 bridgehead atoms. The van der Waals surface area contributed by atoms with Crippen LogP contribution in [0.15, 0.2) is 29.1 Å². The molecule has 6 nitrogen and oxygen atoms in total. The van der Waals surface area contributed by atoms with E-state index in [1.807, 2.05) is 13.0 Å². The highest BCUT2D eigenvalue weighted by molar-refractivity contribution is 5.89. The topological polar surface area (TPSA) is 95.6 Å². The summed E-state index contributed by atoms with van der Waals surface area (Å²) in [6.45, 7) is 5.90. The third-order valence-corrected chi connectivity index (χ3v) is 6.25. The number of nitrogens with zero attached hydrogens (tertiary/aromatic N) is 2. The van der Waals surface area contributed by atoms with Crippen molar-refractivity contribution in [3.8, 4) is 17.1 Å². The molecule has 1 unspecified atom stereocenters. The first kappa shape index (κ1) is 19.6. The number of pyridine rings is 2. The highest BCUT2D eigenvalue weighted by atomic mass is 16.3. The Balaban J connectivity index is 2.02. The zero-order chi connectivity index (χ0) is 20.9. The summed E-state index contributed by atoms with van der Waals surface area (Å²) < 4.78 is 1.71. The van der Waals surface area contributed by atoms with Crippen LogP contribution in [0.4, 0.5) is 0 Å². The molecule has 1 aromatic carbocycles. The number of aliphatic hydroxyl groups is 2. The molecule has 0 amide bonds. The number of fused-ring (bicyclic) bond motifs is 4. The van der Waals surface area contributed by atoms with Crippen molar-refractivity contribution < 1.29 is 15.3 Å². The molecule has 3 N–H and O–H groups in total. The molecule has 0 fully saturated rings. The summed E-state index contributed by atoms with van der Waals surface area (Å²) in [7, 11) is 0. The Bertz CT molecular complexity index is 1180. The molecule has 3 aromatic rings. The maximum absolute atomic E-state index is 13.2. The quantitative estimate of drug-likeness (QED) is 0.484. The number of aromatic nitrogens is 2. The van der Waals surface area contributed by atoms with Crippen LogP contribution in [0.1, 0.15) is 48.9 Å². The van der Waals surface area contributed by atoms with Crippen molar-refractivity contribution in [1.82, 2.24) is 9.55 Å². The monoisotopic (exact) mass is 394 g/mol. The van der Waals surface area contributed by atoms with E-state index in [9.17, 15) is 20.1 Å². The SMILES string of the molecule is CCc1c2c(nc3ccc(O)cc13)-c1cc(C(O)(CC)CCO)c(C)c(=O)n1C2. The van der Waals surface area contributed by atoms with Gasteiger partial charge in [-0.3, -0.25) is 4.79 Å². The summed E-state index contributed by atoms with van der Waals surface area (Å²) in [5.74, 6) is 0.191. The van der Waals surface area contributed by atoms with E-state index in [1.165, 1.54) is 0 Å². The fourth-order valence-corrected chi connectivity index (χ4v) is 4.57. The molecule has 3 heterocycles. The van der Waals surface area contributed by atoms with Crippen molar-refractivity contribution in [2.75, 3.05) is 6.61 Å². The summed E-state index contributed by atoms with van der Waals surface area (Å²) >= 11 is 0. The van der Waals surface area contributed by atoms with Gasteiger partial charge in [0.15, 0.2) is 0 Å². The number of phenols is 1. The second-order valence-electron chi connectivity index (χ2n) is 7.79. The van der Waals surface area contributed by atoms with Gasteiger partial charge in [-0.25, -0.2) is 4.98 Å². The second-order valence-corrected chi connectivity index (χ2v) is 7.79. The molecule has 6 heteroatoms. The Morgan fingerprint density at radius 1 is 1.24 bits per heavy atom. The van der Waals surface area contributed by atoms with E-state index in [0.29, 0.717) is 29.8 Å². The number of benzene rings is 1. The van der Waals surface area contributed by atoms with Crippen molar-refractivity contribution in [3.05, 3.63) is 56.9 Å². The minimum Gasteiger partial charge on any atom is -0.508 e. The maximum Gasteiger partial charge on any atom is 0.254 e. The molecule has 1 atom stereocenters. The molecular formula is C23H26N2O4. The van der Waals surface area contributed by atoms with E-state index in [2.05, 4.69) is 6.92 Å². The molecule has 29 heavy (non-hydrogen) atoms. The van der Waals surface area contributed by atoms with E-state index in [0.717, 1.165) is 34.1 Å². The van der Waals surface area contributed by atoms with Gasteiger partial charge in [0.25, 0.3) is 5.56 Å². The van der Waals surface area contributed by atoms with Crippen LogP contribution in [0.25, 0.3) is 22.3 Å². The van der Waals surface area contributed by atoms with Crippen LogP contribution in [-0.2, 0) is 18.6 Å². The normalized spacial score (nSPS) is 14.7. The predicted octanol–water partition coefficient (Wildman–Crippen LogP) is 2.98. The molecule has 0 spiro atoms. The molecule has 1 aliphatic rings. The number of hydrogen-bond acceptors (Lipinski definition) is 5. The average Bonchev–Trinajstić information content (AvgIpc) is 3.07. The first-order chi connectivity index (χ1) is 13.8. The van der Waals surface area contributed by atoms with Gasteiger partial charge in [0, 0.05) is 29.5 Å². The number of rotatable bonds is 5. The minimum atomic E-state index is -1.26. The molecule has 0 saturated carbocycles. The van der Waals surface area contributed by atoms with Crippen molar-refractivity contribution in [2.24, 2.45) is 0 Å². The lowest BCUT2D eigenvalue weighted by atomic mass is 9.85. The second kappa shape index (κ2) is 6.97. The Morgan fingerprint density at radius 2 is 2.00 bits per heavy atom. The summed E-state index contributed by atoms with van der Waals surface area (Å²) in [6, 6.07) is 6.98. The lowest BCUT2D eigenvalue weighted by Gasteiger charge is -2.28. The number of hydrogen-bond donors (Lipinski definition) is 3. The van der Waals surface area contributed by atoms with Crippen molar-refractivity contribution in [3.63, 3.8) is 0 Å². The molecule has 4 rings (SSSR count). The third kappa shape index (κ3) is 2.86. The Hall–Kier alpha value is -2.70. The van der Waals surface area contributed by atoms with Gasteiger partial charge < -0.3 is 19.9 Å². The van der Waals surface area contributed by atoms with Gasteiger partial charge in [0.1, 0.15) is 5.75 Å². The average molecular weight is 394 g/mol. The van der Waals surface area contributed by atoms with Gasteiger partial charge in [-0.1, -0.05) is 13.8 Å². The van der Waals surface area contributed by atoms with Crippen LogP contribution < -0.4 is 5.56 Å². The van der Waals surface area contributed by atoms with E-state index in [1.54, 1.807) is 29.7 Å². The van der Waals surface area contributed by atoms with E-state index >= 15 is 0 Å². The van der Waals surface area contributed by atoms with Crippen LogP contribution >= 0.6 is 0 Å². The number of phenolic OH excluding ortho intramolecular Hbond substituents is 1. The number of aryl methyl sites for hydroxylation is 1. The van der Waals surface area contributed by atoms with Gasteiger partial charge in [-0.2, -0.15) is 0 Å². The highest BCUT2D eigenvalue weighted by Gasteiger charge is 2.33. The molecule has 0 radical (unpaired) electrons. The van der Waals surface area contributed by atoms with Gasteiger partial charge in [-0.15, -0.1) is 0 Å². The maximum atomic E-state index is 13.2. The van der Waals surface area contributed by atoms with Crippen LogP contribution in [0.3, 0.4) is 0 Å². The Morgan fingerprint density at radius 3 is 2.66 bits per heavy atom. The van der Waals surface area contributed by atoms with Gasteiger partial charge in [-0.05, 0) is 55.2 Å². The lowest BCUT2D eigenvalue weighted by Crippen LogP contribution is -2.32. The largest absolute Gasteiger partial charge is 0.508 e.